The molecule has 0 spiro atoms. The lowest BCUT2D eigenvalue weighted by atomic mass is 9.87. The number of alkyl halides is 3. The summed E-state index contributed by atoms with van der Waals surface area (Å²) in [4.78, 5) is 24.2. The number of carbonyl (C=O) groups excluding carboxylic acids is 1. The van der Waals surface area contributed by atoms with Crippen LogP contribution in [0.25, 0.3) is 0 Å². The molecule has 4 nitrogen and oxygen atoms in total. The van der Waals surface area contributed by atoms with Crippen molar-refractivity contribution >= 4 is 33.5 Å². The fourth-order valence-corrected chi connectivity index (χ4v) is 3.06. The molecule has 1 amide bonds. The van der Waals surface area contributed by atoms with Crippen LogP contribution in [0.15, 0.2) is 46.9 Å². The zero-order valence-corrected chi connectivity index (χ0v) is 17.1. The van der Waals surface area contributed by atoms with Crippen molar-refractivity contribution in [3.8, 4) is 0 Å². The zero-order valence-electron chi connectivity index (χ0n) is 15.5. The number of carboxylic acid groups (broad SMARTS) is 1. The second-order valence-corrected chi connectivity index (χ2v) is 8.16. The Hall–Kier alpha value is -2.35. The number of hydrogen-bond donors (Lipinski definition) is 1. The van der Waals surface area contributed by atoms with E-state index in [0.29, 0.717) is 5.56 Å². The van der Waals surface area contributed by atoms with E-state index in [1.807, 2.05) is 32.9 Å². The molecule has 2 rings (SSSR count). The van der Waals surface area contributed by atoms with Gasteiger partial charge in [-0.2, -0.15) is 13.2 Å². The lowest BCUT2D eigenvalue weighted by molar-refractivity contribution is -0.148. The van der Waals surface area contributed by atoms with Crippen molar-refractivity contribution in [2.45, 2.75) is 38.9 Å². The molecule has 0 aliphatic rings. The van der Waals surface area contributed by atoms with Gasteiger partial charge in [-0.25, -0.2) is 4.79 Å². The molecule has 0 heterocycles. The van der Waals surface area contributed by atoms with E-state index in [0.717, 1.165) is 22.6 Å². The predicted molar refractivity (Wildman–Crippen MR) is 103 cm³/mol. The largest absolute Gasteiger partial charge is 0.474 e. The number of hydrogen-bond acceptors (Lipinski definition) is 2. The van der Waals surface area contributed by atoms with Crippen LogP contribution in [0.5, 0.6) is 0 Å². The zero-order chi connectivity index (χ0) is 21.3. The Balaban J connectivity index is 2.44. The van der Waals surface area contributed by atoms with Crippen molar-refractivity contribution in [1.82, 2.24) is 0 Å². The lowest BCUT2D eigenvalue weighted by Gasteiger charge is -2.24. The number of rotatable bonds is 3. The van der Waals surface area contributed by atoms with Gasteiger partial charge in [-0.1, -0.05) is 61.0 Å². The summed E-state index contributed by atoms with van der Waals surface area (Å²) in [5, 5.41) is 9.10. The Kier molecular flexibility index (Phi) is 6.23. The van der Waals surface area contributed by atoms with Crippen molar-refractivity contribution in [2.24, 2.45) is 0 Å². The Morgan fingerprint density at radius 2 is 1.61 bits per heavy atom. The van der Waals surface area contributed by atoms with Gasteiger partial charge in [0.25, 0.3) is 0 Å². The normalized spacial score (nSPS) is 12.0. The maximum atomic E-state index is 13.2. The third kappa shape index (κ3) is 5.13. The first-order chi connectivity index (χ1) is 12.8. The van der Waals surface area contributed by atoms with Gasteiger partial charge in [0, 0.05) is 10.2 Å². The predicted octanol–water partition coefficient (Wildman–Crippen LogP) is 5.38. The highest BCUT2D eigenvalue weighted by Crippen LogP contribution is 2.37. The van der Waals surface area contributed by atoms with E-state index >= 15 is 0 Å². The van der Waals surface area contributed by atoms with Crippen molar-refractivity contribution in [3.05, 3.63) is 63.6 Å². The smallest absolute Gasteiger partial charge is 0.417 e. The van der Waals surface area contributed by atoms with Gasteiger partial charge in [-0.15, -0.1) is 0 Å². The van der Waals surface area contributed by atoms with E-state index in [2.05, 4.69) is 15.9 Å². The molecule has 0 unspecified atom stereocenters. The Morgan fingerprint density at radius 3 is 2.07 bits per heavy atom. The molecule has 0 aliphatic carbocycles. The molecule has 0 atom stereocenters. The van der Waals surface area contributed by atoms with Gasteiger partial charge >= 0.3 is 18.1 Å². The summed E-state index contributed by atoms with van der Waals surface area (Å²) in [6.07, 6.45) is -4.65. The first-order valence-corrected chi connectivity index (χ1v) is 9.11. The topological polar surface area (TPSA) is 57.6 Å². The van der Waals surface area contributed by atoms with Crippen LogP contribution in [0.3, 0.4) is 0 Å². The minimum absolute atomic E-state index is 0.0948. The summed E-state index contributed by atoms with van der Waals surface area (Å²) in [5.41, 5.74) is 0.399. The van der Waals surface area contributed by atoms with Crippen molar-refractivity contribution in [2.75, 3.05) is 4.90 Å². The molecule has 0 radical (unpaired) electrons. The number of amides is 1. The number of carboxylic acids is 1. The molecule has 150 valence electrons. The maximum Gasteiger partial charge on any atom is 0.417 e. The fraction of sp³-hybridized carbons (Fsp3) is 0.300. The third-order valence-electron chi connectivity index (χ3n) is 4.16. The maximum absolute atomic E-state index is 13.2. The summed E-state index contributed by atoms with van der Waals surface area (Å²) < 4.78 is 39.4. The van der Waals surface area contributed by atoms with Gasteiger partial charge in [0.1, 0.15) is 0 Å². The Labute approximate surface area is 169 Å². The van der Waals surface area contributed by atoms with Crippen LogP contribution in [0, 0.1) is 0 Å². The number of benzene rings is 2. The molecule has 0 saturated heterocycles. The molecule has 0 fully saturated rings. The summed E-state index contributed by atoms with van der Waals surface area (Å²) in [7, 11) is 0. The Morgan fingerprint density at radius 1 is 1.04 bits per heavy atom. The minimum Gasteiger partial charge on any atom is -0.474 e. The molecular formula is C20H19BrF3NO3. The van der Waals surface area contributed by atoms with E-state index < -0.39 is 23.6 Å². The highest BCUT2D eigenvalue weighted by Gasteiger charge is 2.34. The number of halogens is 4. The van der Waals surface area contributed by atoms with Gasteiger partial charge in [-0.3, -0.25) is 9.69 Å². The van der Waals surface area contributed by atoms with Gasteiger partial charge in [0.2, 0.25) is 0 Å². The quantitative estimate of drug-likeness (QED) is 0.629. The van der Waals surface area contributed by atoms with Crippen LogP contribution in [0.2, 0.25) is 0 Å². The summed E-state index contributed by atoms with van der Waals surface area (Å²) in [5.74, 6) is -3.06. The number of anilines is 1. The van der Waals surface area contributed by atoms with E-state index in [9.17, 15) is 22.8 Å². The summed E-state index contributed by atoms with van der Waals surface area (Å²) >= 11 is 2.83. The first kappa shape index (κ1) is 21.9. The minimum atomic E-state index is -4.65. The van der Waals surface area contributed by atoms with Crippen molar-refractivity contribution in [1.29, 1.82) is 0 Å². The highest BCUT2D eigenvalue weighted by atomic mass is 79.9. The van der Waals surface area contributed by atoms with Crippen LogP contribution < -0.4 is 4.90 Å². The standard InChI is InChI=1S/C20H19BrF3NO3/c1-19(2,3)13-6-4-12(5-7-13)11-25(17(26)18(27)28)14-8-9-16(21)15(10-14)20(22,23)24/h4-10H,11H2,1-3H3,(H,27,28). The number of nitrogens with zero attached hydrogens (tertiary/aromatic N) is 1. The molecular weight excluding hydrogens is 439 g/mol. The van der Waals surface area contributed by atoms with Crippen LogP contribution in [0.1, 0.15) is 37.5 Å². The monoisotopic (exact) mass is 457 g/mol. The Bertz CT molecular complexity index is 887. The number of aliphatic carboxylic acids is 1. The SMILES string of the molecule is CC(C)(C)c1ccc(CN(C(=O)C(=O)O)c2ccc(Br)c(C(F)(F)F)c2)cc1. The second kappa shape index (κ2) is 7.95. The van der Waals surface area contributed by atoms with Gasteiger partial charge < -0.3 is 5.11 Å². The summed E-state index contributed by atoms with van der Waals surface area (Å²) in [6, 6.07) is 10.3. The van der Waals surface area contributed by atoms with E-state index in [1.54, 1.807) is 12.1 Å². The van der Waals surface area contributed by atoms with Crippen molar-refractivity contribution < 1.29 is 27.9 Å². The van der Waals surface area contributed by atoms with Crippen molar-refractivity contribution in [3.63, 3.8) is 0 Å². The molecule has 2 aromatic carbocycles. The van der Waals surface area contributed by atoms with Gasteiger partial charge in [0.15, 0.2) is 0 Å². The van der Waals surface area contributed by atoms with E-state index in [-0.39, 0.29) is 22.1 Å². The van der Waals surface area contributed by atoms with E-state index in [4.69, 9.17) is 5.11 Å². The van der Waals surface area contributed by atoms with Crippen LogP contribution in [-0.4, -0.2) is 17.0 Å². The molecule has 0 saturated carbocycles. The fourth-order valence-electron chi connectivity index (χ4n) is 2.59. The van der Waals surface area contributed by atoms with E-state index in [1.165, 1.54) is 6.07 Å². The molecule has 2 aromatic rings. The average molecular weight is 458 g/mol. The van der Waals surface area contributed by atoms with Gasteiger partial charge in [0.05, 0.1) is 12.1 Å². The molecule has 0 bridgehead atoms. The third-order valence-corrected chi connectivity index (χ3v) is 4.85. The van der Waals surface area contributed by atoms with Crippen LogP contribution in [-0.2, 0) is 27.7 Å². The first-order valence-electron chi connectivity index (χ1n) is 8.31. The van der Waals surface area contributed by atoms with Crippen LogP contribution in [0.4, 0.5) is 18.9 Å². The molecule has 0 aromatic heterocycles. The molecule has 28 heavy (non-hydrogen) atoms. The highest BCUT2D eigenvalue weighted by molar-refractivity contribution is 9.10. The molecule has 8 heteroatoms. The van der Waals surface area contributed by atoms with Gasteiger partial charge in [-0.05, 0) is 34.7 Å². The average Bonchev–Trinajstić information content (AvgIpc) is 2.58. The second-order valence-electron chi connectivity index (χ2n) is 7.31. The summed E-state index contributed by atoms with van der Waals surface area (Å²) in [6.45, 7) is 5.92. The molecule has 0 aliphatic heterocycles. The number of carbonyl (C=O) groups is 2. The lowest BCUT2D eigenvalue weighted by Crippen LogP contribution is -2.36. The van der Waals surface area contributed by atoms with Crippen LogP contribution >= 0.6 is 15.9 Å². The molecule has 1 N–H and O–H groups in total.